The fourth-order valence-electron chi connectivity index (χ4n) is 2.12. The third kappa shape index (κ3) is 4.29. The molecule has 1 aliphatic heterocycles. The minimum absolute atomic E-state index is 0.346. The largest absolute Gasteiger partial charge is 0.480 e. The van der Waals surface area contributed by atoms with Crippen molar-refractivity contribution < 1.29 is 24.2 Å². The molecular formula is C12H20N2O5S. The highest BCUT2D eigenvalue weighted by atomic mass is 32.2. The number of carbonyl (C=O) groups excluding carboxylic acids is 2. The lowest BCUT2D eigenvalue weighted by atomic mass is 10.2. The number of ether oxygens (including phenoxy) is 1. The zero-order valence-electron chi connectivity index (χ0n) is 11.6. The number of amides is 2. The van der Waals surface area contributed by atoms with E-state index < -0.39 is 30.1 Å². The first-order valence-corrected chi connectivity index (χ1v) is 7.77. The predicted octanol–water partition coefficient (Wildman–Crippen LogP) is 0.540. The number of carboxylic acid groups (broad SMARTS) is 1. The molecule has 2 N–H and O–H groups in total. The normalized spacial score (nSPS) is 19.5. The first kappa shape index (κ1) is 16.6. The summed E-state index contributed by atoms with van der Waals surface area (Å²) in [4.78, 5) is 36.1. The van der Waals surface area contributed by atoms with Crippen LogP contribution >= 0.6 is 11.8 Å². The van der Waals surface area contributed by atoms with E-state index in [1.54, 1.807) is 0 Å². The number of rotatable bonds is 6. The highest BCUT2D eigenvalue weighted by Gasteiger charge is 2.36. The number of nitrogens with one attached hydrogen (secondary N) is 1. The minimum Gasteiger partial charge on any atom is -0.480 e. The summed E-state index contributed by atoms with van der Waals surface area (Å²) < 4.78 is 4.65. The standard InChI is InChI=1S/C12H20N2O5S/c1-19-11(17)9-4-3-6-14(9)12(18)13-8(10(15)16)5-7-20-2/h8-9H,3-7H2,1-2H3,(H,13,18)(H,15,16)/t8-,9?/m1/s1. The molecule has 1 unspecified atom stereocenters. The SMILES string of the molecule is COC(=O)C1CCCN1C(=O)N[C@H](CCSC)C(=O)O. The zero-order valence-corrected chi connectivity index (χ0v) is 12.4. The maximum absolute atomic E-state index is 12.1. The summed E-state index contributed by atoms with van der Waals surface area (Å²) >= 11 is 1.51. The molecule has 1 aliphatic rings. The van der Waals surface area contributed by atoms with Crippen LogP contribution in [0.1, 0.15) is 19.3 Å². The van der Waals surface area contributed by atoms with Gasteiger partial charge < -0.3 is 20.1 Å². The van der Waals surface area contributed by atoms with Crippen LogP contribution in [0.15, 0.2) is 0 Å². The Labute approximate surface area is 122 Å². The van der Waals surface area contributed by atoms with Crippen molar-refractivity contribution in [1.82, 2.24) is 10.2 Å². The molecule has 20 heavy (non-hydrogen) atoms. The van der Waals surface area contributed by atoms with Gasteiger partial charge in [0.1, 0.15) is 12.1 Å². The van der Waals surface area contributed by atoms with Gasteiger partial charge in [0.15, 0.2) is 0 Å². The molecule has 0 saturated carbocycles. The second-order valence-corrected chi connectivity index (χ2v) is 5.48. The number of thioether (sulfide) groups is 1. The van der Waals surface area contributed by atoms with Crippen LogP contribution in [0, 0.1) is 0 Å². The van der Waals surface area contributed by atoms with Crippen molar-refractivity contribution in [2.75, 3.05) is 25.7 Å². The van der Waals surface area contributed by atoms with E-state index in [0.29, 0.717) is 31.6 Å². The number of hydrogen-bond acceptors (Lipinski definition) is 5. The van der Waals surface area contributed by atoms with Gasteiger partial charge in [-0.15, -0.1) is 0 Å². The van der Waals surface area contributed by atoms with Crippen molar-refractivity contribution in [3.8, 4) is 0 Å². The number of methoxy groups -OCH3 is 1. The molecule has 0 spiro atoms. The molecule has 1 heterocycles. The fourth-order valence-corrected chi connectivity index (χ4v) is 2.59. The van der Waals surface area contributed by atoms with Crippen LogP contribution in [0.25, 0.3) is 0 Å². The summed E-state index contributed by atoms with van der Waals surface area (Å²) in [6, 6.07) is -2.07. The monoisotopic (exact) mass is 304 g/mol. The summed E-state index contributed by atoms with van der Waals surface area (Å²) in [6.07, 6.45) is 3.46. The van der Waals surface area contributed by atoms with E-state index in [0.717, 1.165) is 0 Å². The van der Waals surface area contributed by atoms with Gasteiger partial charge in [-0.25, -0.2) is 14.4 Å². The summed E-state index contributed by atoms with van der Waals surface area (Å²) in [5.74, 6) is -0.896. The molecule has 0 bridgehead atoms. The third-order valence-electron chi connectivity index (χ3n) is 3.19. The maximum atomic E-state index is 12.1. The molecule has 1 saturated heterocycles. The lowest BCUT2D eigenvalue weighted by Crippen LogP contribution is -2.51. The Morgan fingerprint density at radius 3 is 2.75 bits per heavy atom. The van der Waals surface area contributed by atoms with Crippen LogP contribution in [0.4, 0.5) is 4.79 Å². The van der Waals surface area contributed by atoms with E-state index in [9.17, 15) is 14.4 Å². The smallest absolute Gasteiger partial charge is 0.328 e. The van der Waals surface area contributed by atoms with Crippen LogP contribution in [-0.2, 0) is 14.3 Å². The van der Waals surface area contributed by atoms with Gasteiger partial charge in [0.2, 0.25) is 0 Å². The molecular weight excluding hydrogens is 284 g/mol. The average molecular weight is 304 g/mol. The van der Waals surface area contributed by atoms with Crippen molar-refractivity contribution in [2.45, 2.75) is 31.3 Å². The number of hydrogen-bond donors (Lipinski definition) is 2. The number of carboxylic acids is 1. The summed E-state index contributed by atoms with van der Waals surface area (Å²) in [5.41, 5.74) is 0. The van der Waals surface area contributed by atoms with Gasteiger partial charge in [0.25, 0.3) is 0 Å². The number of nitrogens with zero attached hydrogens (tertiary/aromatic N) is 1. The van der Waals surface area contributed by atoms with Crippen LogP contribution in [0.3, 0.4) is 0 Å². The van der Waals surface area contributed by atoms with Crippen molar-refractivity contribution >= 4 is 29.7 Å². The number of esters is 1. The lowest BCUT2D eigenvalue weighted by molar-refractivity contribution is -0.144. The molecule has 7 nitrogen and oxygen atoms in total. The summed E-state index contributed by atoms with van der Waals surface area (Å²) in [5, 5.41) is 11.5. The van der Waals surface area contributed by atoms with Gasteiger partial charge in [0, 0.05) is 6.54 Å². The quantitative estimate of drug-likeness (QED) is 0.695. The molecule has 8 heteroatoms. The maximum Gasteiger partial charge on any atom is 0.328 e. The molecule has 1 rings (SSSR count). The number of carbonyl (C=O) groups is 3. The van der Waals surface area contributed by atoms with Crippen molar-refractivity contribution in [3.05, 3.63) is 0 Å². The average Bonchev–Trinajstić information content (AvgIpc) is 2.91. The van der Waals surface area contributed by atoms with Crippen molar-refractivity contribution in [3.63, 3.8) is 0 Å². The minimum atomic E-state index is -1.07. The topological polar surface area (TPSA) is 95.9 Å². The van der Waals surface area contributed by atoms with E-state index in [4.69, 9.17) is 5.11 Å². The van der Waals surface area contributed by atoms with Gasteiger partial charge >= 0.3 is 18.0 Å². The Bertz CT molecular complexity index is 377. The molecule has 1 fully saturated rings. The molecule has 0 aliphatic carbocycles. The van der Waals surface area contributed by atoms with Gasteiger partial charge in [-0.05, 0) is 31.3 Å². The van der Waals surface area contributed by atoms with Crippen molar-refractivity contribution in [2.24, 2.45) is 0 Å². The molecule has 0 aromatic carbocycles. The van der Waals surface area contributed by atoms with Crippen LogP contribution in [-0.4, -0.2) is 65.7 Å². The van der Waals surface area contributed by atoms with E-state index in [-0.39, 0.29) is 0 Å². The van der Waals surface area contributed by atoms with Crippen LogP contribution in [0.2, 0.25) is 0 Å². The number of likely N-dealkylation sites (tertiary alicyclic amines) is 1. The molecule has 0 radical (unpaired) electrons. The number of aliphatic carboxylic acids is 1. The number of urea groups is 1. The Morgan fingerprint density at radius 2 is 2.20 bits per heavy atom. The second kappa shape index (κ2) is 7.98. The second-order valence-electron chi connectivity index (χ2n) is 4.50. The molecule has 2 atom stereocenters. The molecule has 114 valence electrons. The Kier molecular flexibility index (Phi) is 6.63. The van der Waals surface area contributed by atoms with Crippen molar-refractivity contribution in [1.29, 1.82) is 0 Å². The first-order valence-electron chi connectivity index (χ1n) is 6.38. The van der Waals surface area contributed by atoms with Crippen LogP contribution < -0.4 is 5.32 Å². The highest BCUT2D eigenvalue weighted by Crippen LogP contribution is 2.18. The van der Waals surface area contributed by atoms with E-state index in [1.807, 2.05) is 6.26 Å². The lowest BCUT2D eigenvalue weighted by Gasteiger charge is -2.25. The van der Waals surface area contributed by atoms with Crippen LogP contribution in [0.5, 0.6) is 0 Å². The van der Waals surface area contributed by atoms with E-state index >= 15 is 0 Å². The van der Waals surface area contributed by atoms with Gasteiger partial charge in [-0.1, -0.05) is 0 Å². The van der Waals surface area contributed by atoms with E-state index in [2.05, 4.69) is 10.1 Å². The Morgan fingerprint density at radius 1 is 1.50 bits per heavy atom. The summed E-state index contributed by atoms with van der Waals surface area (Å²) in [6.45, 7) is 0.431. The zero-order chi connectivity index (χ0) is 15.1. The highest BCUT2D eigenvalue weighted by molar-refractivity contribution is 7.98. The van der Waals surface area contributed by atoms with Gasteiger partial charge in [-0.3, -0.25) is 0 Å². The van der Waals surface area contributed by atoms with Gasteiger partial charge in [-0.2, -0.15) is 11.8 Å². The Balaban J connectivity index is 2.63. The molecule has 0 aromatic rings. The fraction of sp³-hybridized carbons (Fsp3) is 0.750. The molecule has 0 aromatic heterocycles. The first-order chi connectivity index (χ1) is 9.51. The van der Waals surface area contributed by atoms with Gasteiger partial charge in [0.05, 0.1) is 7.11 Å². The predicted molar refractivity (Wildman–Crippen MR) is 74.7 cm³/mol. The Hall–Kier alpha value is -1.44. The summed E-state index contributed by atoms with van der Waals surface area (Å²) in [7, 11) is 1.27. The molecule has 2 amide bonds. The third-order valence-corrected chi connectivity index (χ3v) is 3.84. The van der Waals surface area contributed by atoms with E-state index in [1.165, 1.54) is 23.8 Å².